The van der Waals surface area contributed by atoms with Gasteiger partial charge in [0.15, 0.2) is 0 Å². The first-order valence-electron chi connectivity index (χ1n) is 9.22. The van der Waals surface area contributed by atoms with Crippen LogP contribution in [0.1, 0.15) is 51.2 Å². The minimum Gasteiger partial charge on any atom is -0.496 e. The maximum atomic E-state index is 10.3. The highest BCUT2D eigenvalue weighted by Gasteiger charge is 2.25. The second-order valence-electron chi connectivity index (χ2n) is 7.13. The summed E-state index contributed by atoms with van der Waals surface area (Å²) >= 11 is 3.28. The van der Waals surface area contributed by atoms with Gasteiger partial charge in [0.1, 0.15) is 16.4 Å². The van der Waals surface area contributed by atoms with Gasteiger partial charge >= 0.3 is 0 Å². The van der Waals surface area contributed by atoms with Gasteiger partial charge in [0.25, 0.3) is 0 Å². The van der Waals surface area contributed by atoms with E-state index in [4.69, 9.17) is 4.74 Å². The average molecular weight is 406 g/mol. The summed E-state index contributed by atoms with van der Waals surface area (Å²) in [6.07, 6.45) is 2.23. The first kappa shape index (κ1) is 20.2. The highest BCUT2D eigenvalue weighted by molar-refractivity contribution is 8.00. The second-order valence-corrected chi connectivity index (χ2v) is 9.43. The molecule has 0 fully saturated rings. The number of aromatic nitrogens is 3. The first-order chi connectivity index (χ1) is 12.8. The van der Waals surface area contributed by atoms with Gasteiger partial charge in [0.05, 0.1) is 23.4 Å². The molecule has 0 saturated heterocycles. The Labute approximate surface area is 168 Å². The Hall–Kier alpha value is -1.57. The van der Waals surface area contributed by atoms with Crippen LogP contribution in [0.25, 0.3) is 16.2 Å². The lowest BCUT2D eigenvalue weighted by Crippen LogP contribution is -2.15. The normalized spacial score (nSPS) is 12.3. The number of nitrogens with zero attached hydrogens (tertiary/aromatic N) is 3. The summed E-state index contributed by atoms with van der Waals surface area (Å²) in [5.74, 6) is 0.893. The van der Waals surface area contributed by atoms with Gasteiger partial charge in [-0.3, -0.25) is 0 Å². The minimum atomic E-state index is -0.979. The highest BCUT2D eigenvalue weighted by Crippen LogP contribution is 2.39. The summed E-state index contributed by atoms with van der Waals surface area (Å²) in [6, 6.07) is 6.23. The molecule has 0 bridgehead atoms. The fourth-order valence-corrected chi connectivity index (χ4v) is 5.08. The molecule has 0 aliphatic heterocycles. The first-order valence-corrected chi connectivity index (χ1v) is 10.9. The number of fused-ring (bicyclic) bond motifs is 1. The number of benzene rings is 1. The van der Waals surface area contributed by atoms with Crippen molar-refractivity contribution in [1.82, 2.24) is 14.6 Å². The fraction of sp³-hybridized carbons (Fsp3) is 0.500. The summed E-state index contributed by atoms with van der Waals surface area (Å²) in [4.78, 5) is 6.59. The fourth-order valence-electron chi connectivity index (χ4n) is 2.98. The minimum absolute atomic E-state index is 0.557. The molecule has 0 saturated carbocycles. The number of aryl methyl sites for hydroxylation is 1. The molecule has 2 aromatic heterocycles. The summed E-state index contributed by atoms with van der Waals surface area (Å²) < 4.78 is 7.43. The molecule has 0 amide bonds. The van der Waals surface area contributed by atoms with Crippen molar-refractivity contribution in [3.8, 4) is 17.0 Å². The van der Waals surface area contributed by atoms with E-state index in [1.165, 1.54) is 11.3 Å². The number of methoxy groups -OCH3 is 1. The van der Waals surface area contributed by atoms with Crippen LogP contribution in [-0.4, -0.2) is 32.1 Å². The average Bonchev–Trinajstić information content (AvgIpc) is 3.16. The van der Waals surface area contributed by atoms with Crippen molar-refractivity contribution in [2.24, 2.45) is 0 Å². The Morgan fingerprint density at radius 1 is 1.30 bits per heavy atom. The maximum Gasteiger partial charge on any atom is 0.213 e. The number of hydrogen-bond acceptors (Lipinski definition) is 6. The van der Waals surface area contributed by atoms with Gasteiger partial charge in [-0.2, -0.15) is 5.10 Å². The molecule has 0 aliphatic carbocycles. The largest absolute Gasteiger partial charge is 0.496 e. The number of ether oxygens (including phenoxy) is 1. The molecule has 5 nitrogen and oxygen atoms in total. The molecule has 3 rings (SSSR count). The molecule has 1 aromatic carbocycles. The second kappa shape index (κ2) is 7.81. The number of imidazole rings is 1. The van der Waals surface area contributed by atoms with E-state index in [1.54, 1.807) is 21.0 Å². The van der Waals surface area contributed by atoms with Gasteiger partial charge in [-0.05, 0) is 51.8 Å². The zero-order valence-corrected chi connectivity index (χ0v) is 18.4. The third-order valence-electron chi connectivity index (χ3n) is 4.54. The zero-order chi connectivity index (χ0) is 19.8. The van der Waals surface area contributed by atoms with E-state index in [0.717, 1.165) is 45.4 Å². The van der Waals surface area contributed by atoms with E-state index in [1.807, 2.05) is 29.3 Å². The Morgan fingerprint density at radius 3 is 2.59 bits per heavy atom. The summed E-state index contributed by atoms with van der Waals surface area (Å²) in [6.45, 7) is 9.93. The van der Waals surface area contributed by atoms with Crippen molar-refractivity contribution in [2.75, 3.05) is 7.11 Å². The summed E-state index contributed by atoms with van der Waals surface area (Å²) in [5.41, 5.74) is 1.97. The molecule has 1 N–H and O–H groups in total. The van der Waals surface area contributed by atoms with Crippen LogP contribution in [0.4, 0.5) is 0 Å². The monoisotopic (exact) mass is 405 g/mol. The van der Waals surface area contributed by atoms with Crippen molar-refractivity contribution in [3.63, 3.8) is 0 Å². The van der Waals surface area contributed by atoms with Crippen LogP contribution in [0.2, 0.25) is 0 Å². The molecule has 7 heteroatoms. The van der Waals surface area contributed by atoms with Crippen molar-refractivity contribution >= 4 is 28.1 Å². The Morgan fingerprint density at radius 2 is 2.00 bits per heavy atom. The van der Waals surface area contributed by atoms with E-state index in [2.05, 4.69) is 36.1 Å². The molecular formula is C20H27N3O2S2. The van der Waals surface area contributed by atoms with Crippen LogP contribution in [0.3, 0.4) is 0 Å². The van der Waals surface area contributed by atoms with Gasteiger partial charge in [-0.1, -0.05) is 25.2 Å². The van der Waals surface area contributed by atoms with E-state index < -0.39 is 5.60 Å². The van der Waals surface area contributed by atoms with Crippen LogP contribution in [-0.2, 0) is 5.60 Å². The molecule has 0 atom stereocenters. The van der Waals surface area contributed by atoms with E-state index in [0.29, 0.717) is 10.3 Å². The SMILES string of the molecule is CCC(CC)Sc1cc(-c2c(C)nc3sc(C(C)(C)O)nn23)ccc1OC. The van der Waals surface area contributed by atoms with Crippen molar-refractivity contribution < 1.29 is 9.84 Å². The summed E-state index contributed by atoms with van der Waals surface area (Å²) in [5, 5.41) is 16.1. The molecular weight excluding hydrogens is 378 g/mol. The molecule has 0 radical (unpaired) electrons. The third-order valence-corrected chi connectivity index (χ3v) is 7.34. The molecule has 2 heterocycles. The molecule has 0 unspecified atom stereocenters. The predicted molar refractivity (Wildman–Crippen MR) is 113 cm³/mol. The predicted octanol–water partition coefficient (Wildman–Crippen LogP) is 5.28. The van der Waals surface area contributed by atoms with Gasteiger partial charge in [0.2, 0.25) is 4.96 Å². The quantitative estimate of drug-likeness (QED) is 0.542. The van der Waals surface area contributed by atoms with E-state index in [9.17, 15) is 5.11 Å². The number of hydrogen-bond donors (Lipinski definition) is 1. The number of rotatable bonds is 7. The van der Waals surface area contributed by atoms with Crippen molar-refractivity contribution in [3.05, 3.63) is 28.9 Å². The van der Waals surface area contributed by atoms with Gasteiger partial charge in [-0.25, -0.2) is 9.50 Å². The Balaban J connectivity index is 2.10. The van der Waals surface area contributed by atoms with E-state index in [-0.39, 0.29) is 0 Å². The number of thioether (sulfide) groups is 1. The lowest BCUT2D eigenvalue weighted by molar-refractivity contribution is 0.0773. The van der Waals surface area contributed by atoms with Gasteiger partial charge in [-0.15, -0.1) is 11.8 Å². The topological polar surface area (TPSA) is 59.7 Å². The van der Waals surface area contributed by atoms with Crippen LogP contribution in [0.15, 0.2) is 23.1 Å². The molecule has 146 valence electrons. The Kier molecular flexibility index (Phi) is 5.84. The molecule has 3 aromatic rings. The lowest BCUT2D eigenvalue weighted by atomic mass is 10.1. The van der Waals surface area contributed by atoms with Crippen LogP contribution in [0, 0.1) is 6.92 Å². The zero-order valence-electron chi connectivity index (χ0n) is 16.7. The van der Waals surface area contributed by atoms with Gasteiger partial charge in [0, 0.05) is 10.8 Å². The molecule has 0 spiro atoms. The maximum absolute atomic E-state index is 10.3. The standard InChI is InChI=1S/C20H27N3O2S2/c1-7-14(8-2)26-16-11-13(9-10-15(16)25-6)17-12(3)21-19-23(17)22-18(27-19)20(4,5)24/h9-11,14,24H,7-8H2,1-6H3. The summed E-state index contributed by atoms with van der Waals surface area (Å²) in [7, 11) is 1.71. The van der Waals surface area contributed by atoms with Gasteiger partial charge < -0.3 is 9.84 Å². The Bertz CT molecular complexity index is 937. The van der Waals surface area contributed by atoms with Crippen LogP contribution >= 0.6 is 23.1 Å². The molecule has 0 aliphatic rings. The third kappa shape index (κ3) is 4.00. The van der Waals surface area contributed by atoms with Crippen LogP contribution in [0.5, 0.6) is 5.75 Å². The van der Waals surface area contributed by atoms with Crippen molar-refractivity contribution in [1.29, 1.82) is 0 Å². The number of aliphatic hydroxyl groups is 1. The van der Waals surface area contributed by atoms with E-state index >= 15 is 0 Å². The molecule has 27 heavy (non-hydrogen) atoms. The lowest BCUT2D eigenvalue weighted by Gasteiger charge is -2.16. The van der Waals surface area contributed by atoms with Crippen molar-refractivity contribution in [2.45, 2.75) is 63.2 Å². The smallest absolute Gasteiger partial charge is 0.213 e. The van der Waals surface area contributed by atoms with Crippen LogP contribution < -0.4 is 4.74 Å². The highest BCUT2D eigenvalue weighted by atomic mass is 32.2.